The molecule has 2 aromatic heterocycles. The number of benzene rings is 2. The van der Waals surface area contributed by atoms with Crippen LogP contribution >= 0.6 is 11.8 Å². The minimum absolute atomic E-state index is 0.100. The first-order valence-electron chi connectivity index (χ1n) is 10.2. The molecule has 0 bridgehead atoms. The average Bonchev–Trinajstić information content (AvgIpc) is 3.17. The van der Waals surface area contributed by atoms with Crippen molar-refractivity contribution < 1.29 is 4.79 Å². The van der Waals surface area contributed by atoms with Crippen molar-refractivity contribution in [3.05, 3.63) is 76.9 Å². The zero-order chi connectivity index (χ0) is 21.1. The second-order valence-corrected chi connectivity index (χ2v) is 8.26. The number of Topliss-reactive ketones (excluding diaryl/α,β-unsaturated/α-hetero) is 1. The summed E-state index contributed by atoms with van der Waals surface area (Å²) in [6, 6.07) is 20.1. The highest BCUT2D eigenvalue weighted by Crippen LogP contribution is 2.30. The van der Waals surface area contributed by atoms with Gasteiger partial charge in [-0.05, 0) is 42.2 Å². The van der Waals surface area contributed by atoms with Gasteiger partial charge in [-0.25, -0.2) is 4.98 Å². The van der Waals surface area contributed by atoms with Gasteiger partial charge in [-0.15, -0.1) is 0 Å². The number of rotatable bonds is 7. The van der Waals surface area contributed by atoms with Crippen LogP contribution in [-0.2, 0) is 12.8 Å². The van der Waals surface area contributed by atoms with Crippen molar-refractivity contribution in [1.82, 2.24) is 9.38 Å². The molecule has 0 saturated carbocycles. The zero-order valence-electron chi connectivity index (χ0n) is 17.2. The monoisotopic (exact) mass is 413 g/mol. The lowest BCUT2D eigenvalue weighted by Crippen LogP contribution is -2.05. The van der Waals surface area contributed by atoms with Crippen LogP contribution in [0, 0.1) is 11.3 Å². The fourth-order valence-electron chi connectivity index (χ4n) is 3.72. The summed E-state index contributed by atoms with van der Waals surface area (Å²) in [6.45, 7) is 4.19. The summed E-state index contributed by atoms with van der Waals surface area (Å²) in [4.78, 5) is 17.5. The molecule has 0 atom stereocenters. The van der Waals surface area contributed by atoms with Gasteiger partial charge in [0, 0.05) is 5.56 Å². The van der Waals surface area contributed by atoms with Crippen molar-refractivity contribution in [2.24, 2.45) is 0 Å². The second kappa shape index (κ2) is 8.73. The molecule has 0 fully saturated rings. The molecule has 4 nitrogen and oxygen atoms in total. The van der Waals surface area contributed by atoms with Crippen molar-refractivity contribution in [2.45, 2.75) is 38.1 Å². The molecule has 0 spiro atoms. The number of imidazole rings is 1. The average molecular weight is 414 g/mol. The van der Waals surface area contributed by atoms with Gasteiger partial charge in [0.2, 0.25) is 0 Å². The van der Waals surface area contributed by atoms with Crippen LogP contribution < -0.4 is 0 Å². The number of hydrogen-bond donors (Lipinski definition) is 0. The quantitative estimate of drug-likeness (QED) is 0.282. The van der Waals surface area contributed by atoms with E-state index in [4.69, 9.17) is 4.98 Å². The van der Waals surface area contributed by atoms with E-state index in [9.17, 15) is 10.1 Å². The van der Waals surface area contributed by atoms with E-state index < -0.39 is 0 Å². The Labute approximate surface area is 180 Å². The van der Waals surface area contributed by atoms with E-state index in [-0.39, 0.29) is 5.78 Å². The van der Waals surface area contributed by atoms with Gasteiger partial charge in [0.15, 0.2) is 11.4 Å². The van der Waals surface area contributed by atoms with E-state index >= 15 is 0 Å². The number of hydrogen-bond acceptors (Lipinski definition) is 4. The van der Waals surface area contributed by atoms with Crippen LogP contribution in [0.5, 0.6) is 0 Å². The SMILES string of the molecule is CCCc1ccc(C(=O)CSc2cc(CC)c(C#N)c3nc4ccccc4n23)cc1. The summed E-state index contributed by atoms with van der Waals surface area (Å²) in [5, 5.41) is 10.7. The maximum absolute atomic E-state index is 12.8. The van der Waals surface area contributed by atoms with Crippen molar-refractivity contribution in [3.8, 4) is 6.07 Å². The van der Waals surface area contributed by atoms with Crippen molar-refractivity contribution in [3.63, 3.8) is 0 Å². The van der Waals surface area contributed by atoms with E-state index in [1.165, 1.54) is 17.3 Å². The van der Waals surface area contributed by atoms with Gasteiger partial charge in [-0.2, -0.15) is 5.26 Å². The molecule has 0 aliphatic rings. The topological polar surface area (TPSA) is 58.2 Å². The first-order valence-corrected chi connectivity index (χ1v) is 11.2. The molecule has 5 heteroatoms. The molecule has 0 saturated heterocycles. The van der Waals surface area contributed by atoms with Crippen LogP contribution in [0.3, 0.4) is 0 Å². The molecule has 0 unspecified atom stereocenters. The highest BCUT2D eigenvalue weighted by molar-refractivity contribution is 8.00. The summed E-state index contributed by atoms with van der Waals surface area (Å²) in [5.41, 5.74) is 6.02. The second-order valence-electron chi connectivity index (χ2n) is 7.27. The molecule has 4 aromatic rings. The van der Waals surface area contributed by atoms with E-state index in [0.717, 1.165) is 46.4 Å². The molecule has 2 aromatic carbocycles. The third-order valence-corrected chi connectivity index (χ3v) is 6.28. The normalized spacial score (nSPS) is 11.1. The van der Waals surface area contributed by atoms with Crippen LogP contribution in [0.15, 0.2) is 59.6 Å². The maximum atomic E-state index is 12.8. The van der Waals surface area contributed by atoms with Crippen LogP contribution in [0.1, 0.15) is 47.3 Å². The minimum atomic E-state index is 0.100. The van der Waals surface area contributed by atoms with Crippen molar-refractivity contribution >= 4 is 34.2 Å². The summed E-state index contributed by atoms with van der Waals surface area (Å²) in [6.07, 6.45) is 2.86. The van der Waals surface area contributed by atoms with Crippen molar-refractivity contribution in [1.29, 1.82) is 5.26 Å². The largest absolute Gasteiger partial charge is 0.293 e. The fraction of sp³-hybridized carbons (Fsp3) is 0.240. The van der Waals surface area contributed by atoms with E-state index in [0.29, 0.717) is 17.0 Å². The summed E-state index contributed by atoms with van der Waals surface area (Å²) < 4.78 is 2.01. The number of aromatic nitrogens is 2. The van der Waals surface area contributed by atoms with Gasteiger partial charge in [0.05, 0.1) is 27.4 Å². The third-order valence-electron chi connectivity index (χ3n) is 5.28. The Morgan fingerprint density at radius 3 is 2.60 bits per heavy atom. The van der Waals surface area contributed by atoms with Crippen LogP contribution in [0.25, 0.3) is 16.7 Å². The van der Waals surface area contributed by atoms with Crippen molar-refractivity contribution in [2.75, 3.05) is 5.75 Å². The highest BCUT2D eigenvalue weighted by atomic mass is 32.2. The Hall–Kier alpha value is -3.10. The molecule has 0 N–H and O–H groups in total. The highest BCUT2D eigenvalue weighted by Gasteiger charge is 2.17. The van der Waals surface area contributed by atoms with Gasteiger partial charge < -0.3 is 0 Å². The molecule has 0 aliphatic carbocycles. The lowest BCUT2D eigenvalue weighted by atomic mass is 10.1. The van der Waals surface area contributed by atoms with E-state index in [1.807, 2.05) is 65.9 Å². The summed E-state index contributed by atoms with van der Waals surface area (Å²) in [7, 11) is 0. The molecule has 2 heterocycles. The molecular formula is C25H23N3OS. The Morgan fingerprint density at radius 2 is 1.90 bits per heavy atom. The lowest BCUT2D eigenvalue weighted by Gasteiger charge is -2.11. The molecule has 0 radical (unpaired) electrons. The minimum Gasteiger partial charge on any atom is -0.293 e. The summed E-state index contributed by atoms with van der Waals surface area (Å²) >= 11 is 1.50. The summed E-state index contributed by atoms with van der Waals surface area (Å²) in [5.74, 6) is 0.437. The molecule has 150 valence electrons. The first kappa shape index (κ1) is 20.2. The number of aryl methyl sites for hydroxylation is 2. The molecule has 4 rings (SSSR count). The third kappa shape index (κ3) is 3.71. The number of para-hydroxylation sites is 2. The van der Waals surface area contributed by atoms with E-state index in [1.54, 1.807) is 0 Å². The predicted molar refractivity (Wildman–Crippen MR) is 122 cm³/mol. The molecule has 30 heavy (non-hydrogen) atoms. The number of nitriles is 1. The number of ketones is 1. The number of nitrogens with zero attached hydrogens (tertiary/aromatic N) is 3. The Kier molecular flexibility index (Phi) is 5.87. The molecule has 0 aliphatic heterocycles. The number of pyridine rings is 1. The van der Waals surface area contributed by atoms with Gasteiger partial charge in [0.25, 0.3) is 0 Å². The van der Waals surface area contributed by atoms with Crippen LogP contribution in [-0.4, -0.2) is 20.9 Å². The number of carbonyl (C=O) groups excluding carboxylic acids is 1. The molecule has 0 amide bonds. The van der Waals surface area contributed by atoms with E-state index in [2.05, 4.69) is 13.0 Å². The van der Waals surface area contributed by atoms with Gasteiger partial charge >= 0.3 is 0 Å². The van der Waals surface area contributed by atoms with Gasteiger partial charge in [0.1, 0.15) is 6.07 Å². The zero-order valence-corrected chi connectivity index (χ0v) is 18.0. The lowest BCUT2D eigenvalue weighted by molar-refractivity contribution is 0.102. The Morgan fingerprint density at radius 1 is 1.13 bits per heavy atom. The number of carbonyl (C=O) groups is 1. The molecular weight excluding hydrogens is 390 g/mol. The number of fused-ring (bicyclic) bond motifs is 3. The Bertz CT molecular complexity index is 1270. The smallest absolute Gasteiger partial charge is 0.173 e. The fourth-order valence-corrected chi connectivity index (χ4v) is 4.71. The van der Waals surface area contributed by atoms with Gasteiger partial charge in [-0.1, -0.05) is 68.4 Å². The first-order chi connectivity index (χ1) is 14.7. The number of thioether (sulfide) groups is 1. The van der Waals surface area contributed by atoms with Crippen LogP contribution in [0.4, 0.5) is 0 Å². The Balaban J connectivity index is 1.70. The van der Waals surface area contributed by atoms with Gasteiger partial charge in [-0.3, -0.25) is 9.20 Å². The van der Waals surface area contributed by atoms with Crippen LogP contribution in [0.2, 0.25) is 0 Å². The predicted octanol–water partition coefficient (Wildman–Crippen LogP) is 5.85. The maximum Gasteiger partial charge on any atom is 0.173 e. The standard InChI is InChI=1S/C25H23N3OS/c1-3-7-17-10-12-19(13-11-17)23(29)16-30-24-14-18(4-2)20(15-26)25-27-21-8-5-6-9-22(21)28(24)25/h5-6,8-14H,3-4,7,16H2,1-2H3.